The van der Waals surface area contributed by atoms with E-state index in [0.717, 1.165) is 18.4 Å². The third kappa shape index (κ3) is 7.85. The zero-order valence-corrected chi connectivity index (χ0v) is 16.5. The van der Waals surface area contributed by atoms with Crippen molar-refractivity contribution in [1.82, 2.24) is 10.3 Å². The van der Waals surface area contributed by atoms with E-state index in [-0.39, 0.29) is 5.91 Å². The highest BCUT2D eigenvalue weighted by Crippen LogP contribution is 2.19. The van der Waals surface area contributed by atoms with Crippen LogP contribution >= 0.6 is 0 Å². The fourth-order valence-corrected chi connectivity index (χ4v) is 3.04. The molecule has 2 rings (SSSR count). The Bertz CT molecular complexity index is 664. The smallest absolute Gasteiger partial charge is 0.273 e. The lowest BCUT2D eigenvalue weighted by Gasteiger charge is -2.04. The number of rotatable bonds is 13. The van der Waals surface area contributed by atoms with E-state index in [1.165, 1.54) is 57.6 Å². The maximum Gasteiger partial charge on any atom is 0.273 e. The Morgan fingerprint density at radius 3 is 2.19 bits per heavy atom. The third-order valence-electron chi connectivity index (χ3n) is 4.71. The standard InChI is InChI=1S/C22H33N3O2/c1-2-3-4-5-6-7-8-9-10-11-16-24-21(26)20-17-27-22(25-20)18-12-14-19(23)15-13-18/h12-15,17H,2-11,16,23H2,1H3,(H,24,26). The van der Waals surface area contributed by atoms with E-state index in [9.17, 15) is 4.79 Å². The predicted molar refractivity (Wildman–Crippen MR) is 111 cm³/mol. The van der Waals surface area contributed by atoms with Crippen molar-refractivity contribution < 1.29 is 9.21 Å². The van der Waals surface area contributed by atoms with Gasteiger partial charge in [-0.05, 0) is 30.7 Å². The SMILES string of the molecule is CCCCCCCCCCCCNC(=O)c1coc(-c2ccc(N)cc2)n1. The van der Waals surface area contributed by atoms with Crippen molar-refractivity contribution in [3.05, 3.63) is 36.2 Å². The Balaban J connectivity index is 1.57. The van der Waals surface area contributed by atoms with Gasteiger partial charge in [0.05, 0.1) is 0 Å². The number of anilines is 1. The number of nitrogens with two attached hydrogens (primary N) is 1. The number of nitrogen functional groups attached to an aromatic ring is 1. The number of nitrogens with zero attached hydrogens (tertiary/aromatic N) is 1. The molecule has 0 unspecified atom stereocenters. The van der Waals surface area contributed by atoms with E-state index in [1.807, 2.05) is 12.1 Å². The van der Waals surface area contributed by atoms with Crippen LogP contribution in [-0.4, -0.2) is 17.4 Å². The molecule has 0 bridgehead atoms. The second-order valence-electron chi connectivity index (χ2n) is 7.10. The van der Waals surface area contributed by atoms with E-state index in [0.29, 0.717) is 23.8 Å². The van der Waals surface area contributed by atoms with Crippen LogP contribution in [0.3, 0.4) is 0 Å². The fraction of sp³-hybridized carbons (Fsp3) is 0.545. The predicted octanol–water partition coefficient (Wildman–Crippen LogP) is 5.57. The number of oxazole rings is 1. The van der Waals surface area contributed by atoms with Gasteiger partial charge in [0, 0.05) is 17.8 Å². The molecule has 0 aliphatic heterocycles. The number of nitrogens with one attached hydrogen (secondary N) is 1. The summed E-state index contributed by atoms with van der Waals surface area (Å²) < 4.78 is 5.41. The summed E-state index contributed by atoms with van der Waals surface area (Å²) in [5.41, 5.74) is 7.47. The summed E-state index contributed by atoms with van der Waals surface area (Å²) in [5, 5.41) is 2.92. The number of benzene rings is 1. The summed E-state index contributed by atoms with van der Waals surface area (Å²) in [6.45, 7) is 2.93. The number of hydrogen-bond donors (Lipinski definition) is 2. The van der Waals surface area contributed by atoms with Gasteiger partial charge in [-0.2, -0.15) is 0 Å². The van der Waals surface area contributed by atoms with Gasteiger partial charge in [0.1, 0.15) is 6.26 Å². The molecule has 27 heavy (non-hydrogen) atoms. The van der Waals surface area contributed by atoms with Gasteiger partial charge in [0.15, 0.2) is 5.69 Å². The van der Waals surface area contributed by atoms with E-state index in [1.54, 1.807) is 12.1 Å². The number of amides is 1. The summed E-state index contributed by atoms with van der Waals surface area (Å²) in [4.78, 5) is 16.4. The fourth-order valence-electron chi connectivity index (χ4n) is 3.04. The average molecular weight is 372 g/mol. The quantitative estimate of drug-likeness (QED) is 0.356. The van der Waals surface area contributed by atoms with Crippen LogP contribution in [0.5, 0.6) is 0 Å². The van der Waals surface area contributed by atoms with Crippen LogP contribution in [-0.2, 0) is 0 Å². The lowest BCUT2D eigenvalue weighted by atomic mass is 10.1. The molecule has 0 fully saturated rings. The van der Waals surface area contributed by atoms with E-state index in [2.05, 4.69) is 17.2 Å². The van der Waals surface area contributed by atoms with Crippen LogP contribution in [0.25, 0.3) is 11.5 Å². The van der Waals surface area contributed by atoms with Crippen molar-refractivity contribution in [3.63, 3.8) is 0 Å². The molecule has 0 saturated heterocycles. The zero-order valence-electron chi connectivity index (χ0n) is 16.5. The highest BCUT2D eigenvalue weighted by atomic mass is 16.3. The van der Waals surface area contributed by atoms with Gasteiger partial charge < -0.3 is 15.5 Å². The van der Waals surface area contributed by atoms with Crippen molar-refractivity contribution in [1.29, 1.82) is 0 Å². The highest BCUT2D eigenvalue weighted by molar-refractivity contribution is 5.92. The van der Waals surface area contributed by atoms with Gasteiger partial charge in [0.25, 0.3) is 5.91 Å². The number of unbranched alkanes of at least 4 members (excludes halogenated alkanes) is 9. The Kier molecular flexibility index (Phi) is 9.45. The summed E-state index contributed by atoms with van der Waals surface area (Å²) in [7, 11) is 0. The zero-order chi connectivity index (χ0) is 19.3. The van der Waals surface area contributed by atoms with Gasteiger partial charge in [-0.3, -0.25) is 4.79 Å². The molecule has 1 aromatic carbocycles. The lowest BCUT2D eigenvalue weighted by molar-refractivity contribution is 0.0948. The molecule has 0 radical (unpaired) electrons. The summed E-state index contributed by atoms with van der Waals surface area (Å²) in [5.74, 6) is 0.246. The lowest BCUT2D eigenvalue weighted by Crippen LogP contribution is -2.24. The van der Waals surface area contributed by atoms with Crippen molar-refractivity contribution in [2.75, 3.05) is 12.3 Å². The molecule has 5 heteroatoms. The van der Waals surface area contributed by atoms with Gasteiger partial charge in [-0.15, -0.1) is 0 Å². The molecule has 1 aromatic heterocycles. The highest BCUT2D eigenvalue weighted by Gasteiger charge is 2.12. The normalized spacial score (nSPS) is 10.9. The Morgan fingerprint density at radius 2 is 1.56 bits per heavy atom. The van der Waals surface area contributed by atoms with Crippen molar-refractivity contribution in [2.45, 2.75) is 71.1 Å². The maximum atomic E-state index is 12.2. The third-order valence-corrected chi connectivity index (χ3v) is 4.71. The van der Waals surface area contributed by atoms with Crippen molar-refractivity contribution in [2.24, 2.45) is 0 Å². The molecule has 2 aromatic rings. The second kappa shape index (κ2) is 12.2. The first-order chi connectivity index (χ1) is 13.2. The van der Waals surface area contributed by atoms with Crippen LogP contribution in [0.4, 0.5) is 5.69 Å². The van der Waals surface area contributed by atoms with Gasteiger partial charge >= 0.3 is 0 Å². The summed E-state index contributed by atoms with van der Waals surface area (Å²) in [6.07, 6.45) is 14.2. The topological polar surface area (TPSA) is 81.2 Å². The Hall–Kier alpha value is -2.30. The van der Waals surface area contributed by atoms with Crippen LogP contribution < -0.4 is 11.1 Å². The maximum absolute atomic E-state index is 12.2. The first-order valence-electron chi connectivity index (χ1n) is 10.3. The molecule has 0 saturated carbocycles. The summed E-state index contributed by atoms with van der Waals surface area (Å²) >= 11 is 0. The minimum Gasteiger partial charge on any atom is -0.444 e. The minimum absolute atomic E-state index is 0.184. The molecule has 148 valence electrons. The monoisotopic (exact) mass is 371 g/mol. The summed E-state index contributed by atoms with van der Waals surface area (Å²) in [6, 6.07) is 7.22. The van der Waals surface area contributed by atoms with E-state index >= 15 is 0 Å². The number of hydrogen-bond acceptors (Lipinski definition) is 4. The Morgan fingerprint density at radius 1 is 0.963 bits per heavy atom. The number of carbonyl (C=O) groups excluding carboxylic acids is 1. The van der Waals surface area contributed by atoms with Crippen LogP contribution in [0.1, 0.15) is 81.6 Å². The molecular formula is C22H33N3O2. The van der Waals surface area contributed by atoms with Crippen LogP contribution in [0.15, 0.2) is 34.9 Å². The van der Waals surface area contributed by atoms with Gasteiger partial charge in [0.2, 0.25) is 5.89 Å². The van der Waals surface area contributed by atoms with Crippen LogP contribution in [0.2, 0.25) is 0 Å². The van der Waals surface area contributed by atoms with Gasteiger partial charge in [-0.25, -0.2) is 4.98 Å². The first kappa shape index (κ1) is 21.0. The molecule has 0 spiro atoms. The second-order valence-corrected chi connectivity index (χ2v) is 7.10. The minimum atomic E-state index is -0.184. The molecule has 5 nitrogen and oxygen atoms in total. The Labute approximate surface area is 162 Å². The van der Waals surface area contributed by atoms with Crippen molar-refractivity contribution in [3.8, 4) is 11.5 Å². The first-order valence-corrected chi connectivity index (χ1v) is 10.3. The molecule has 1 heterocycles. The molecule has 0 aliphatic carbocycles. The number of aromatic nitrogens is 1. The molecule has 3 N–H and O–H groups in total. The van der Waals surface area contributed by atoms with E-state index < -0.39 is 0 Å². The van der Waals surface area contributed by atoms with Crippen molar-refractivity contribution >= 4 is 11.6 Å². The molecule has 1 amide bonds. The van der Waals surface area contributed by atoms with E-state index in [4.69, 9.17) is 10.2 Å². The number of carbonyl (C=O) groups is 1. The average Bonchev–Trinajstić information content (AvgIpc) is 3.17. The largest absolute Gasteiger partial charge is 0.444 e. The molecule has 0 atom stereocenters. The molecular weight excluding hydrogens is 338 g/mol. The molecule has 0 aliphatic rings. The van der Waals surface area contributed by atoms with Gasteiger partial charge in [-0.1, -0.05) is 64.7 Å². The van der Waals surface area contributed by atoms with Crippen LogP contribution in [0, 0.1) is 0 Å².